The molecule has 0 bridgehead atoms. The van der Waals surface area contributed by atoms with E-state index in [1.807, 2.05) is 35.2 Å². The van der Waals surface area contributed by atoms with Crippen molar-refractivity contribution in [3.8, 4) is 6.07 Å². The van der Waals surface area contributed by atoms with Gasteiger partial charge in [-0.15, -0.1) is 0 Å². The number of fused-ring (bicyclic) bond motifs is 1. The number of nitriles is 1. The molecule has 1 aliphatic rings. The van der Waals surface area contributed by atoms with Gasteiger partial charge < -0.3 is 4.90 Å². The topological polar surface area (TPSA) is 70.1 Å². The van der Waals surface area contributed by atoms with Gasteiger partial charge in [0.1, 0.15) is 12.1 Å². The monoisotopic (exact) mass is 372 g/mol. The lowest BCUT2D eigenvalue weighted by atomic mass is 9.91. The molecule has 6 nitrogen and oxygen atoms in total. The minimum absolute atomic E-state index is 0.112. The molecule has 2 aromatic heterocycles. The van der Waals surface area contributed by atoms with Crippen LogP contribution in [0.1, 0.15) is 30.0 Å². The first-order valence-corrected chi connectivity index (χ1v) is 8.48. The molecule has 1 aromatic carbocycles. The highest BCUT2D eigenvalue weighted by atomic mass is 19.4. The lowest BCUT2D eigenvalue weighted by Crippen LogP contribution is -2.36. The summed E-state index contributed by atoms with van der Waals surface area (Å²) in [5, 5.41) is 13.8. The first-order chi connectivity index (χ1) is 13.0. The highest BCUT2D eigenvalue weighted by Gasteiger charge is 2.38. The van der Waals surface area contributed by atoms with E-state index >= 15 is 0 Å². The van der Waals surface area contributed by atoms with Crippen molar-refractivity contribution >= 4 is 11.6 Å². The van der Waals surface area contributed by atoms with Crippen LogP contribution in [-0.4, -0.2) is 32.2 Å². The zero-order valence-electron chi connectivity index (χ0n) is 14.1. The van der Waals surface area contributed by atoms with Crippen LogP contribution in [0.15, 0.2) is 42.7 Å². The van der Waals surface area contributed by atoms with Crippen LogP contribution in [0.25, 0.3) is 5.78 Å². The van der Waals surface area contributed by atoms with Gasteiger partial charge in [-0.3, -0.25) is 0 Å². The van der Waals surface area contributed by atoms with Gasteiger partial charge in [0.05, 0.1) is 18.0 Å². The third kappa shape index (κ3) is 3.07. The van der Waals surface area contributed by atoms with Gasteiger partial charge in [0.2, 0.25) is 0 Å². The summed E-state index contributed by atoms with van der Waals surface area (Å²) in [5.41, 5.74) is -0.172. The van der Waals surface area contributed by atoms with Crippen molar-refractivity contribution in [2.45, 2.75) is 31.0 Å². The Morgan fingerprint density at radius 3 is 2.70 bits per heavy atom. The van der Waals surface area contributed by atoms with E-state index in [1.165, 1.54) is 10.8 Å². The molecule has 0 saturated carbocycles. The third-order valence-corrected chi connectivity index (χ3v) is 4.80. The van der Waals surface area contributed by atoms with E-state index in [4.69, 9.17) is 0 Å². The van der Waals surface area contributed by atoms with E-state index < -0.39 is 17.8 Å². The highest BCUT2D eigenvalue weighted by Crippen LogP contribution is 2.36. The molecule has 3 heterocycles. The van der Waals surface area contributed by atoms with Gasteiger partial charge in [-0.05, 0) is 18.4 Å². The Kier molecular flexibility index (Phi) is 4.18. The predicted molar refractivity (Wildman–Crippen MR) is 90.9 cm³/mol. The summed E-state index contributed by atoms with van der Waals surface area (Å²) in [6.07, 6.45) is -1.94. The van der Waals surface area contributed by atoms with E-state index in [0.717, 1.165) is 18.1 Å². The van der Waals surface area contributed by atoms with E-state index in [0.29, 0.717) is 13.0 Å². The standard InChI is InChI=1S/C18H15F3N6/c19-18(20,21)15-9-16(27-17(25-15)23-11-24-27)26-8-4-7-14(26)13(10-22)12-5-2-1-3-6-12/h1-3,5-6,9,11,13-14H,4,7-8H2. The van der Waals surface area contributed by atoms with Gasteiger partial charge in [-0.2, -0.15) is 33.0 Å². The van der Waals surface area contributed by atoms with Crippen molar-refractivity contribution in [1.29, 1.82) is 5.26 Å². The first kappa shape index (κ1) is 17.3. The molecule has 138 valence electrons. The van der Waals surface area contributed by atoms with Crippen molar-refractivity contribution in [3.63, 3.8) is 0 Å². The highest BCUT2D eigenvalue weighted by molar-refractivity contribution is 5.51. The summed E-state index contributed by atoms with van der Waals surface area (Å²) in [6.45, 7) is 0.534. The Balaban J connectivity index is 1.80. The molecule has 1 saturated heterocycles. The summed E-state index contributed by atoms with van der Waals surface area (Å²) in [6, 6.07) is 12.3. The SMILES string of the molecule is N#CC(c1ccccc1)C1CCCN1c1cc(C(F)(F)F)nc2ncnn12. The van der Waals surface area contributed by atoms with Gasteiger partial charge in [0.25, 0.3) is 5.78 Å². The van der Waals surface area contributed by atoms with Crippen LogP contribution in [0.4, 0.5) is 19.0 Å². The second-order valence-corrected chi connectivity index (χ2v) is 6.39. The number of hydrogen-bond acceptors (Lipinski definition) is 5. The Bertz CT molecular complexity index is 992. The second kappa shape index (κ2) is 6.54. The molecule has 0 N–H and O–H groups in total. The maximum atomic E-state index is 13.3. The van der Waals surface area contributed by atoms with Crippen molar-refractivity contribution in [1.82, 2.24) is 19.6 Å². The molecular weight excluding hydrogens is 357 g/mol. The van der Waals surface area contributed by atoms with Crippen molar-refractivity contribution in [2.24, 2.45) is 0 Å². The van der Waals surface area contributed by atoms with Crippen molar-refractivity contribution in [2.75, 3.05) is 11.4 Å². The maximum absolute atomic E-state index is 13.3. The molecule has 1 fully saturated rings. The number of anilines is 1. The molecule has 3 aromatic rings. The predicted octanol–water partition coefficient (Wildman–Crippen LogP) is 3.42. The smallest absolute Gasteiger partial charge is 0.352 e. The summed E-state index contributed by atoms with van der Waals surface area (Å²) < 4.78 is 41.2. The van der Waals surface area contributed by atoms with Crippen molar-refractivity contribution in [3.05, 3.63) is 54.0 Å². The average Bonchev–Trinajstić information content (AvgIpc) is 3.31. The largest absolute Gasteiger partial charge is 0.433 e. The minimum atomic E-state index is -4.59. The molecule has 27 heavy (non-hydrogen) atoms. The van der Waals surface area contributed by atoms with Crippen LogP contribution in [0, 0.1) is 11.3 Å². The molecular formula is C18H15F3N6. The van der Waals surface area contributed by atoms with E-state index in [2.05, 4.69) is 21.1 Å². The maximum Gasteiger partial charge on any atom is 0.433 e. The van der Waals surface area contributed by atoms with Crippen LogP contribution in [-0.2, 0) is 6.18 Å². The second-order valence-electron chi connectivity index (χ2n) is 6.39. The van der Waals surface area contributed by atoms with Crippen LogP contribution in [0.5, 0.6) is 0 Å². The third-order valence-electron chi connectivity index (χ3n) is 4.80. The van der Waals surface area contributed by atoms with Crippen molar-refractivity contribution < 1.29 is 13.2 Å². The number of hydrogen-bond donors (Lipinski definition) is 0. The van der Waals surface area contributed by atoms with E-state index in [-0.39, 0.29) is 17.6 Å². The fourth-order valence-corrected chi connectivity index (χ4v) is 3.61. The quantitative estimate of drug-likeness (QED) is 0.705. The average molecular weight is 372 g/mol. The van der Waals surface area contributed by atoms with Crippen LogP contribution < -0.4 is 4.90 Å². The van der Waals surface area contributed by atoms with Gasteiger partial charge in [-0.1, -0.05) is 30.3 Å². The lowest BCUT2D eigenvalue weighted by Gasteiger charge is -2.30. The molecule has 9 heteroatoms. The summed E-state index contributed by atoms with van der Waals surface area (Å²) in [7, 11) is 0. The number of rotatable bonds is 3. The fourth-order valence-electron chi connectivity index (χ4n) is 3.61. The Morgan fingerprint density at radius 1 is 1.22 bits per heavy atom. The van der Waals surface area contributed by atoms with Gasteiger partial charge in [-0.25, -0.2) is 4.98 Å². The van der Waals surface area contributed by atoms with Crippen LogP contribution >= 0.6 is 0 Å². The lowest BCUT2D eigenvalue weighted by molar-refractivity contribution is -0.141. The fraction of sp³-hybridized carbons (Fsp3) is 0.333. The van der Waals surface area contributed by atoms with Crippen LogP contribution in [0.3, 0.4) is 0 Å². The Morgan fingerprint density at radius 2 is 2.00 bits per heavy atom. The number of benzene rings is 1. The van der Waals surface area contributed by atoms with E-state index in [1.54, 1.807) is 0 Å². The molecule has 0 amide bonds. The van der Waals surface area contributed by atoms with Gasteiger partial charge in [0, 0.05) is 12.6 Å². The first-order valence-electron chi connectivity index (χ1n) is 8.48. The number of alkyl halides is 3. The molecule has 0 aliphatic carbocycles. The normalized spacial score (nSPS) is 18.6. The van der Waals surface area contributed by atoms with E-state index in [9.17, 15) is 18.4 Å². The van der Waals surface area contributed by atoms with Gasteiger partial charge in [0.15, 0.2) is 5.69 Å². The zero-order chi connectivity index (χ0) is 19.0. The molecule has 2 atom stereocenters. The molecule has 0 radical (unpaired) electrons. The number of halogens is 3. The van der Waals surface area contributed by atoms with Gasteiger partial charge >= 0.3 is 6.18 Å². The Hall–Kier alpha value is -3.15. The van der Waals surface area contributed by atoms with Crippen LogP contribution in [0.2, 0.25) is 0 Å². The molecule has 4 rings (SSSR count). The molecule has 0 spiro atoms. The Labute approximate surface area is 152 Å². The molecule has 1 aliphatic heterocycles. The zero-order valence-corrected chi connectivity index (χ0v) is 14.1. The number of nitrogens with zero attached hydrogens (tertiary/aromatic N) is 6. The number of aromatic nitrogens is 4. The molecule has 2 unspecified atom stereocenters. The summed E-state index contributed by atoms with van der Waals surface area (Å²) >= 11 is 0. The minimum Gasteiger partial charge on any atom is -0.352 e. The summed E-state index contributed by atoms with van der Waals surface area (Å²) in [4.78, 5) is 9.20. The summed E-state index contributed by atoms with van der Waals surface area (Å²) in [5.74, 6) is -0.322.